The van der Waals surface area contributed by atoms with E-state index in [-0.39, 0.29) is 13.0 Å². The summed E-state index contributed by atoms with van der Waals surface area (Å²) < 4.78 is 4.43. The van der Waals surface area contributed by atoms with Crippen molar-refractivity contribution in [3.05, 3.63) is 35.9 Å². The van der Waals surface area contributed by atoms with Crippen LogP contribution in [0.5, 0.6) is 0 Å². The zero-order valence-electron chi connectivity index (χ0n) is 10.4. The Morgan fingerprint density at radius 1 is 1.26 bits per heavy atom. The normalized spacial score (nSPS) is 11.5. The summed E-state index contributed by atoms with van der Waals surface area (Å²) >= 11 is 3.00. The summed E-state index contributed by atoms with van der Waals surface area (Å²) in [6.45, 7) is 0.267. The second-order valence-corrected chi connectivity index (χ2v) is 4.89. The van der Waals surface area contributed by atoms with E-state index >= 15 is 0 Å². The van der Waals surface area contributed by atoms with Crippen molar-refractivity contribution in [3.63, 3.8) is 0 Å². The number of carbonyl (C=O) groups excluding carboxylic acids is 3. The number of hydrogen-bond acceptors (Lipinski definition) is 4. The predicted octanol–water partition coefficient (Wildman–Crippen LogP) is 1.20. The Morgan fingerprint density at radius 2 is 1.89 bits per heavy atom. The molecule has 0 aliphatic rings. The monoisotopic (exact) mass is 327 g/mol. The first-order chi connectivity index (χ1) is 9.04. The zero-order chi connectivity index (χ0) is 14.3. The Labute approximate surface area is 119 Å². The van der Waals surface area contributed by atoms with E-state index in [1.165, 1.54) is 7.11 Å². The Bertz CT molecular complexity index is 461. The summed E-state index contributed by atoms with van der Waals surface area (Å²) in [6, 6.07) is 9.22. The van der Waals surface area contributed by atoms with Gasteiger partial charge in [0.05, 0.1) is 18.4 Å². The van der Waals surface area contributed by atoms with Crippen molar-refractivity contribution in [2.45, 2.75) is 17.8 Å². The minimum atomic E-state index is -0.865. The number of Topliss-reactive ketones (excluding diaryl/α,β-unsaturated/α-hetero) is 1. The fourth-order valence-corrected chi connectivity index (χ4v) is 1.80. The molecule has 0 bridgehead atoms. The van der Waals surface area contributed by atoms with E-state index in [2.05, 4.69) is 26.0 Å². The highest BCUT2D eigenvalue weighted by molar-refractivity contribution is 9.10. The van der Waals surface area contributed by atoms with Gasteiger partial charge in [-0.2, -0.15) is 0 Å². The number of ether oxygens (including phenoxy) is 1. The molecule has 0 saturated heterocycles. The van der Waals surface area contributed by atoms with Gasteiger partial charge in [0.15, 0.2) is 0 Å². The first-order valence-electron chi connectivity index (χ1n) is 5.61. The summed E-state index contributed by atoms with van der Waals surface area (Å²) in [6.07, 6.45) is -0.173. The molecule has 1 rings (SSSR count). The summed E-state index contributed by atoms with van der Waals surface area (Å²) in [7, 11) is 1.22. The summed E-state index contributed by atoms with van der Waals surface area (Å²) in [5.74, 6) is -1.97. The van der Waals surface area contributed by atoms with Crippen LogP contribution in [-0.4, -0.2) is 29.6 Å². The van der Waals surface area contributed by atoms with E-state index in [1.54, 1.807) is 0 Å². The summed E-state index contributed by atoms with van der Waals surface area (Å²) in [4.78, 5) is 33.4. The molecule has 0 spiro atoms. The van der Waals surface area contributed by atoms with Crippen LogP contribution in [0.1, 0.15) is 12.0 Å². The van der Waals surface area contributed by atoms with Crippen molar-refractivity contribution >= 4 is 33.6 Å². The standard InChI is InChI=1S/C13H14BrNO4/c1-19-11(16)7-10(14)12(17)13(18)15-8-9-5-3-2-4-6-9/h2-6,10H,7-8H2,1H3,(H,15,18). The number of nitrogens with one attached hydrogen (secondary N) is 1. The highest BCUT2D eigenvalue weighted by Crippen LogP contribution is 2.08. The van der Waals surface area contributed by atoms with Crippen LogP contribution in [-0.2, 0) is 25.7 Å². The molecular formula is C13H14BrNO4. The number of carbonyl (C=O) groups is 3. The van der Waals surface area contributed by atoms with Gasteiger partial charge in [0.25, 0.3) is 5.91 Å². The van der Waals surface area contributed by atoms with Gasteiger partial charge < -0.3 is 10.1 Å². The molecule has 1 aromatic rings. The van der Waals surface area contributed by atoms with Crippen LogP contribution in [0, 0.1) is 0 Å². The van der Waals surface area contributed by atoms with Crippen LogP contribution in [0.15, 0.2) is 30.3 Å². The third kappa shape index (κ3) is 5.21. The topological polar surface area (TPSA) is 72.5 Å². The minimum absolute atomic E-state index is 0.173. The predicted molar refractivity (Wildman–Crippen MR) is 72.6 cm³/mol. The highest BCUT2D eigenvalue weighted by atomic mass is 79.9. The summed E-state index contributed by atoms with van der Waals surface area (Å²) in [5, 5.41) is 2.50. The maximum atomic E-state index is 11.6. The fourth-order valence-electron chi connectivity index (χ4n) is 1.33. The van der Waals surface area contributed by atoms with Crippen LogP contribution in [0.2, 0.25) is 0 Å². The molecule has 0 saturated carbocycles. The fraction of sp³-hybridized carbons (Fsp3) is 0.308. The maximum Gasteiger partial charge on any atom is 0.307 e. The number of methoxy groups -OCH3 is 1. The quantitative estimate of drug-likeness (QED) is 0.484. The average molecular weight is 328 g/mol. The maximum absolute atomic E-state index is 11.6. The number of amides is 1. The molecular weight excluding hydrogens is 314 g/mol. The molecule has 1 unspecified atom stereocenters. The van der Waals surface area contributed by atoms with Crippen LogP contribution in [0.3, 0.4) is 0 Å². The van der Waals surface area contributed by atoms with Gasteiger partial charge >= 0.3 is 5.97 Å². The van der Waals surface area contributed by atoms with Crippen molar-refractivity contribution in [2.24, 2.45) is 0 Å². The van der Waals surface area contributed by atoms with Gasteiger partial charge in [0, 0.05) is 6.54 Å². The van der Waals surface area contributed by atoms with E-state index < -0.39 is 22.5 Å². The van der Waals surface area contributed by atoms with E-state index in [4.69, 9.17) is 0 Å². The van der Waals surface area contributed by atoms with Gasteiger partial charge in [0.1, 0.15) is 0 Å². The smallest absolute Gasteiger partial charge is 0.307 e. The first-order valence-corrected chi connectivity index (χ1v) is 6.53. The molecule has 5 nitrogen and oxygen atoms in total. The van der Waals surface area contributed by atoms with E-state index in [0.29, 0.717) is 0 Å². The van der Waals surface area contributed by atoms with Crippen LogP contribution >= 0.6 is 15.9 Å². The zero-order valence-corrected chi connectivity index (χ0v) is 12.0. The highest BCUT2D eigenvalue weighted by Gasteiger charge is 2.25. The first kappa shape index (κ1) is 15.4. The third-order valence-electron chi connectivity index (χ3n) is 2.38. The molecule has 0 aromatic heterocycles. The lowest BCUT2D eigenvalue weighted by Gasteiger charge is -2.08. The van der Waals surface area contributed by atoms with Gasteiger partial charge in [0.2, 0.25) is 5.78 Å². The van der Waals surface area contributed by atoms with Crippen molar-refractivity contribution < 1.29 is 19.1 Å². The number of ketones is 1. The molecule has 1 amide bonds. The largest absolute Gasteiger partial charge is 0.469 e. The van der Waals surface area contributed by atoms with Crippen molar-refractivity contribution in [1.82, 2.24) is 5.32 Å². The molecule has 102 valence electrons. The second-order valence-electron chi connectivity index (χ2n) is 3.78. The van der Waals surface area contributed by atoms with Crippen molar-refractivity contribution in [2.75, 3.05) is 7.11 Å². The Hall–Kier alpha value is -1.69. The lowest BCUT2D eigenvalue weighted by atomic mass is 10.2. The molecule has 0 radical (unpaired) electrons. The Balaban J connectivity index is 2.44. The van der Waals surface area contributed by atoms with Gasteiger partial charge in [-0.3, -0.25) is 14.4 Å². The van der Waals surface area contributed by atoms with E-state index in [9.17, 15) is 14.4 Å². The average Bonchev–Trinajstić information content (AvgIpc) is 2.44. The second kappa shape index (κ2) is 7.68. The minimum Gasteiger partial charge on any atom is -0.469 e. The van der Waals surface area contributed by atoms with Gasteiger partial charge in [-0.1, -0.05) is 46.3 Å². The molecule has 0 heterocycles. The van der Waals surface area contributed by atoms with E-state index in [0.717, 1.165) is 5.56 Å². The number of rotatable bonds is 6. The molecule has 1 atom stereocenters. The lowest BCUT2D eigenvalue weighted by Crippen LogP contribution is -2.36. The van der Waals surface area contributed by atoms with Crippen LogP contribution < -0.4 is 5.32 Å². The van der Waals surface area contributed by atoms with Crippen LogP contribution in [0.25, 0.3) is 0 Å². The van der Waals surface area contributed by atoms with Gasteiger partial charge in [-0.05, 0) is 5.56 Å². The van der Waals surface area contributed by atoms with Gasteiger partial charge in [-0.25, -0.2) is 0 Å². The van der Waals surface area contributed by atoms with Crippen LogP contribution in [0.4, 0.5) is 0 Å². The SMILES string of the molecule is COC(=O)CC(Br)C(=O)C(=O)NCc1ccccc1. The molecule has 6 heteroatoms. The number of halogens is 1. The van der Waals surface area contributed by atoms with E-state index in [1.807, 2.05) is 30.3 Å². The Morgan fingerprint density at radius 3 is 2.47 bits per heavy atom. The molecule has 1 aromatic carbocycles. The lowest BCUT2D eigenvalue weighted by molar-refractivity contribution is -0.143. The molecule has 0 aliphatic heterocycles. The molecule has 0 fully saturated rings. The number of alkyl halides is 1. The number of hydrogen-bond donors (Lipinski definition) is 1. The molecule has 19 heavy (non-hydrogen) atoms. The third-order valence-corrected chi connectivity index (χ3v) is 3.12. The number of esters is 1. The number of benzene rings is 1. The molecule has 0 aliphatic carbocycles. The summed E-state index contributed by atoms with van der Waals surface area (Å²) in [5.41, 5.74) is 0.891. The van der Waals surface area contributed by atoms with Crippen molar-refractivity contribution in [1.29, 1.82) is 0 Å². The molecule has 1 N–H and O–H groups in total. The van der Waals surface area contributed by atoms with Crippen molar-refractivity contribution in [3.8, 4) is 0 Å². The Kier molecular flexibility index (Phi) is 6.21. The van der Waals surface area contributed by atoms with Gasteiger partial charge in [-0.15, -0.1) is 0 Å².